The first-order valence-corrected chi connectivity index (χ1v) is 9.85. The Kier molecular flexibility index (Phi) is 6.25. The number of halogens is 1. The summed E-state index contributed by atoms with van der Waals surface area (Å²) in [7, 11) is 1.58. The average Bonchev–Trinajstić information content (AvgIpc) is 2.66. The fraction of sp³-hybridized carbons (Fsp3) is 0.364. The molecule has 28 heavy (non-hydrogen) atoms. The predicted octanol–water partition coefficient (Wildman–Crippen LogP) is 4.26. The number of carbonyl (C=O) groups is 2. The molecular weight excluding hydrogens is 376 g/mol. The zero-order chi connectivity index (χ0) is 20.1. The summed E-state index contributed by atoms with van der Waals surface area (Å²) in [5.41, 5.74) is 1.07. The van der Waals surface area contributed by atoms with Gasteiger partial charge in [0, 0.05) is 23.3 Å². The quantitative estimate of drug-likeness (QED) is 0.755. The first-order chi connectivity index (χ1) is 13.5. The fourth-order valence-corrected chi connectivity index (χ4v) is 3.76. The van der Waals surface area contributed by atoms with Gasteiger partial charge in [-0.3, -0.25) is 9.59 Å². The fourth-order valence-electron chi connectivity index (χ4n) is 3.63. The maximum absolute atomic E-state index is 13.3. The summed E-state index contributed by atoms with van der Waals surface area (Å²) in [5.74, 6) is 0.441. The van der Waals surface area contributed by atoms with Gasteiger partial charge in [-0.05, 0) is 49.6 Å². The van der Waals surface area contributed by atoms with Crippen LogP contribution >= 0.6 is 11.6 Å². The van der Waals surface area contributed by atoms with Crippen molar-refractivity contribution < 1.29 is 14.3 Å². The Bertz CT molecular complexity index is 847. The van der Waals surface area contributed by atoms with Crippen LogP contribution in [0.3, 0.4) is 0 Å². The normalized spacial score (nSPS) is 14.7. The smallest absolute Gasteiger partial charge is 0.243 e. The molecule has 2 amide bonds. The zero-order valence-corrected chi connectivity index (χ0v) is 17.0. The highest BCUT2D eigenvalue weighted by atomic mass is 35.5. The summed E-state index contributed by atoms with van der Waals surface area (Å²) in [6, 6.07) is 14.6. The monoisotopic (exact) mass is 400 g/mol. The lowest BCUT2D eigenvalue weighted by Crippen LogP contribution is -2.52. The van der Waals surface area contributed by atoms with Gasteiger partial charge in [-0.1, -0.05) is 36.2 Å². The Morgan fingerprint density at radius 3 is 2.46 bits per heavy atom. The van der Waals surface area contributed by atoms with E-state index < -0.39 is 5.41 Å². The number of rotatable bonds is 7. The second kappa shape index (κ2) is 8.65. The third-order valence-corrected chi connectivity index (χ3v) is 5.62. The van der Waals surface area contributed by atoms with E-state index in [1.54, 1.807) is 30.2 Å². The Balaban J connectivity index is 1.72. The number of hydrogen-bond donors (Lipinski definition) is 1. The number of methoxy groups -OCH3 is 1. The number of ether oxygens (including phenoxy) is 1. The molecule has 1 N–H and O–H groups in total. The molecule has 1 fully saturated rings. The summed E-state index contributed by atoms with van der Waals surface area (Å²) >= 11 is 6.00. The van der Waals surface area contributed by atoms with Gasteiger partial charge in [0.2, 0.25) is 11.8 Å². The number of carbonyl (C=O) groups excluding carboxylic acids is 2. The number of nitrogens with one attached hydrogen (secondary N) is 1. The van der Waals surface area contributed by atoms with Crippen molar-refractivity contribution in [1.29, 1.82) is 0 Å². The van der Waals surface area contributed by atoms with Crippen LogP contribution < -0.4 is 10.1 Å². The van der Waals surface area contributed by atoms with E-state index in [9.17, 15) is 9.59 Å². The van der Waals surface area contributed by atoms with Gasteiger partial charge in [0.25, 0.3) is 0 Å². The first-order valence-electron chi connectivity index (χ1n) is 9.48. The molecule has 2 aromatic rings. The lowest BCUT2D eigenvalue weighted by atomic mass is 9.63. The average molecular weight is 401 g/mol. The van der Waals surface area contributed by atoms with Crippen LogP contribution in [0.15, 0.2) is 48.5 Å². The minimum Gasteiger partial charge on any atom is -0.497 e. The van der Waals surface area contributed by atoms with Crippen LogP contribution in [0.25, 0.3) is 0 Å². The van der Waals surface area contributed by atoms with Crippen LogP contribution in [-0.2, 0) is 15.0 Å². The SMILES string of the molecule is CCN(CC(=O)Nc1cccc(OC)c1)C(=O)C1(c2ccc(Cl)cc2)CCC1. The van der Waals surface area contributed by atoms with Gasteiger partial charge in [-0.25, -0.2) is 0 Å². The van der Waals surface area contributed by atoms with Crippen molar-refractivity contribution in [2.75, 3.05) is 25.5 Å². The molecule has 5 nitrogen and oxygen atoms in total. The predicted molar refractivity (Wildman–Crippen MR) is 111 cm³/mol. The largest absolute Gasteiger partial charge is 0.497 e. The van der Waals surface area contributed by atoms with E-state index in [0.717, 1.165) is 24.8 Å². The maximum Gasteiger partial charge on any atom is 0.243 e. The van der Waals surface area contributed by atoms with E-state index in [1.165, 1.54) is 0 Å². The molecule has 0 bridgehead atoms. The molecule has 1 aliphatic carbocycles. The van der Waals surface area contributed by atoms with Gasteiger partial charge in [0.15, 0.2) is 0 Å². The number of anilines is 1. The number of hydrogen-bond acceptors (Lipinski definition) is 3. The first kappa shape index (κ1) is 20.2. The van der Waals surface area contributed by atoms with Crippen molar-refractivity contribution in [1.82, 2.24) is 4.90 Å². The molecule has 0 heterocycles. The van der Waals surface area contributed by atoms with Crippen LogP contribution in [0.2, 0.25) is 5.02 Å². The third kappa shape index (κ3) is 4.14. The summed E-state index contributed by atoms with van der Waals surface area (Å²) < 4.78 is 5.18. The molecule has 0 aliphatic heterocycles. The molecule has 148 valence electrons. The molecule has 1 saturated carbocycles. The summed E-state index contributed by atoms with van der Waals surface area (Å²) in [6.45, 7) is 2.38. The van der Waals surface area contributed by atoms with Gasteiger partial charge in [-0.15, -0.1) is 0 Å². The van der Waals surface area contributed by atoms with Crippen molar-refractivity contribution in [3.63, 3.8) is 0 Å². The Hall–Kier alpha value is -2.53. The highest BCUT2D eigenvalue weighted by Crippen LogP contribution is 2.45. The van der Waals surface area contributed by atoms with Crippen LogP contribution in [0, 0.1) is 0 Å². The molecule has 1 aliphatic rings. The topological polar surface area (TPSA) is 58.6 Å². The van der Waals surface area contributed by atoms with Crippen LogP contribution in [-0.4, -0.2) is 36.9 Å². The number of nitrogens with zero attached hydrogens (tertiary/aromatic N) is 1. The minimum absolute atomic E-state index is 0.00404. The van der Waals surface area contributed by atoms with Gasteiger partial charge >= 0.3 is 0 Å². The van der Waals surface area contributed by atoms with E-state index in [1.807, 2.05) is 37.3 Å². The second-order valence-electron chi connectivity index (χ2n) is 7.04. The molecule has 0 unspecified atom stereocenters. The number of benzene rings is 2. The highest BCUT2D eigenvalue weighted by Gasteiger charge is 2.47. The Morgan fingerprint density at radius 2 is 1.89 bits per heavy atom. The lowest BCUT2D eigenvalue weighted by Gasteiger charge is -2.43. The molecule has 6 heteroatoms. The third-order valence-electron chi connectivity index (χ3n) is 5.37. The van der Waals surface area contributed by atoms with Gasteiger partial charge in [-0.2, -0.15) is 0 Å². The Labute approximate surface area is 170 Å². The molecule has 0 atom stereocenters. The lowest BCUT2D eigenvalue weighted by molar-refractivity contribution is -0.143. The van der Waals surface area contributed by atoms with E-state index in [2.05, 4.69) is 5.32 Å². The summed E-state index contributed by atoms with van der Waals surface area (Å²) in [4.78, 5) is 27.5. The molecule has 0 spiro atoms. The van der Waals surface area contributed by atoms with Gasteiger partial charge < -0.3 is 15.0 Å². The van der Waals surface area contributed by atoms with Gasteiger partial charge in [0.05, 0.1) is 19.1 Å². The van der Waals surface area contributed by atoms with Crippen molar-refractivity contribution in [2.45, 2.75) is 31.6 Å². The highest BCUT2D eigenvalue weighted by molar-refractivity contribution is 6.30. The number of likely N-dealkylation sites (N-methyl/N-ethyl adjacent to an activating group) is 1. The second-order valence-corrected chi connectivity index (χ2v) is 7.48. The zero-order valence-electron chi connectivity index (χ0n) is 16.2. The molecular formula is C22H25ClN2O3. The maximum atomic E-state index is 13.3. The standard InChI is InChI=1S/C22H25ClN2O3/c1-3-25(15-20(26)24-18-6-4-7-19(14-18)28-2)21(27)22(12-5-13-22)16-8-10-17(23)11-9-16/h4,6-11,14H,3,5,12-13,15H2,1-2H3,(H,24,26). The molecule has 0 radical (unpaired) electrons. The Morgan fingerprint density at radius 1 is 1.18 bits per heavy atom. The molecule has 0 saturated heterocycles. The van der Waals surface area contributed by atoms with Crippen LogP contribution in [0.1, 0.15) is 31.7 Å². The summed E-state index contributed by atoms with van der Waals surface area (Å²) in [6.07, 6.45) is 2.59. The van der Waals surface area contributed by atoms with E-state index in [0.29, 0.717) is 23.0 Å². The molecule has 0 aromatic heterocycles. The molecule has 3 rings (SSSR count). The van der Waals surface area contributed by atoms with Crippen molar-refractivity contribution in [2.24, 2.45) is 0 Å². The molecule has 2 aromatic carbocycles. The van der Waals surface area contributed by atoms with Crippen molar-refractivity contribution in [3.8, 4) is 5.75 Å². The van der Waals surface area contributed by atoms with Crippen LogP contribution in [0.5, 0.6) is 5.75 Å². The summed E-state index contributed by atoms with van der Waals surface area (Å²) in [5, 5.41) is 3.49. The number of amides is 2. The van der Waals surface area contributed by atoms with Crippen molar-refractivity contribution in [3.05, 3.63) is 59.1 Å². The van der Waals surface area contributed by atoms with Gasteiger partial charge in [0.1, 0.15) is 5.75 Å². The van der Waals surface area contributed by atoms with E-state index in [4.69, 9.17) is 16.3 Å². The van der Waals surface area contributed by atoms with E-state index >= 15 is 0 Å². The van der Waals surface area contributed by atoms with Crippen molar-refractivity contribution >= 4 is 29.1 Å². The minimum atomic E-state index is -0.545. The van der Waals surface area contributed by atoms with E-state index in [-0.39, 0.29) is 18.4 Å². The van der Waals surface area contributed by atoms with Crippen LogP contribution in [0.4, 0.5) is 5.69 Å².